The third-order valence-electron chi connectivity index (χ3n) is 17.6. The van der Waals surface area contributed by atoms with Crippen LogP contribution >= 0.6 is 0 Å². The Balaban J connectivity index is 0.00000901. The van der Waals surface area contributed by atoms with E-state index in [0.29, 0.717) is 28.4 Å². The molecule has 3 aromatic heterocycles. The average Bonchev–Trinajstić information content (AvgIpc) is 1.51. The second-order valence-corrected chi connectivity index (χ2v) is 31.7. The standard InChI is InChI=1S/C82H89N4O2.Pt/c1-76(2,3)52-35-36-83-71(46-52)86-68-34-33-62-72-65(82(19,20)21)44-57(81(16,17)18)45-70(72)88-75(62)73(68)61-32-31-59(48-69(61)86)87-60-41-55(79(10,11)12)40-58(47-60)84-49-85(67-30-26-25-29-66(67)84)74-63(50-27-23-22-24-28-50)42-56(80(13,14)15)43-64(74)51-37-53(77(4,5)6)39-54(38-51)78(7,8)9;/h22-46,49H,1-21H3;/q-3;/i22D,23D,24D,27D,28D;. The first-order valence-corrected chi connectivity index (χ1v) is 31.2. The minimum atomic E-state index is -0.442. The summed E-state index contributed by atoms with van der Waals surface area (Å²) in [5, 5.41) is 4.12. The zero-order chi connectivity index (χ0) is 67.5. The Morgan fingerprint density at radius 1 is 0.483 bits per heavy atom. The molecule has 1 aliphatic rings. The van der Waals surface area contributed by atoms with Crippen LogP contribution in [-0.2, 0) is 59.0 Å². The molecule has 11 aromatic rings. The summed E-state index contributed by atoms with van der Waals surface area (Å²) in [7, 11) is 0. The summed E-state index contributed by atoms with van der Waals surface area (Å²) in [5.41, 5.74) is 15.2. The van der Waals surface area contributed by atoms with Gasteiger partial charge in [-0.05, 0) is 142 Å². The van der Waals surface area contributed by atoms with Crippen LogP contribution in [0.5, 0.6) is 11.5 Å². The molecule has 0 aliphatic carbocycles. The van der Waals surface area contributed by atoms with Crippen molar-refractivity contribution in [2.45, 2.75) is 183 Å². The Kier molecular flexibility index (Phi) is 14.0. The van der Waals surface area contributed by atoms with E-state index in [4.69, 9.17) is 18.3 Å². The van der Waals surface area contributed by atoms with Gasteiger partial charge in [0.25, 0.3) is 0 Å². The summed E-state index contributed by atoms with van der Waals surface area (Å²) in [6, 6.07) is 46.8. The van der Waals surface area contributed by atoms with Gasteiger partial charge in [0.1, 0.15) is 17.0 Å². The molecule has 0 unspecified atom stereocenters. The number of pyridine rings is 1. The number of aromatic nitrogens is 2. The molecule has 89 heavy (non-hydrogen) atoms. The topological polar surface area (TPSA) is 46.7 Å². The molecular weight excluding hydrogens is 1270 g/mol. The van der Waals surface area contributed by atoms with E-state index in [1.807, 2.05) is 30.5 Å². The molecule has 6 nitrogen and oxygen atoms in total. The number of hydrogen-bond acceptors (Lipinski definition) is 5. The molecule has 0 saturated carbocycles. The summed E-state index contributed by atoms with van der Waals surface area (Å²) < 4.78 is 62.6. The average molecular weight is 1360 g/mol. The quantitative estimate of drug-likeness (QED) is 0.149. The Morgan fingerprint density at radius 3 is 1.63 bits per heavy atom. The molecule has 7 heteroatoms. The maximum atomic E-state index is 9.61. The maximum Gasteiger partial charge on any atom is 0.135 e. The van der Waals surface area contributed by atoms with Crippen molar-refractivity contribution < 1.29 is 37.1 Å². The van der Waals surface area contributed by atoms with Gasteiger partial charge in [-0.3, -0.25) is 0 Å². The summed E-state index contributed by atoms with van der Waals surface area (Å²) in [4.78, 5) is 9.34. The van der Waals surface area contributed by atoms with Crippen LogP contribution in [0.3, 0.4) is 0 Å². The molecule has 0 N–H and O–H groups in total. The Labute approximate surface area is 552 Å². The molecule has 1 aliphatic heterocycles. The van der Waals surface area contributed by atoms with E-state index in [-0.39, 0.29) is 71.2 Å². The number of furan rings is 1. The second-order valence-electron chi connectivity index (χ2n) is 31.7. The molecule has 0 radical (unpaired) electrons. The monoisotopic (exact) mass is 1360 g/mol. The number of ether oxygens (including phenoxy) is 1. The zero-order valence-corrected chi connectivity index (χ0v) is 58.3. The number of para-hydroxylation sites is 2. The van der Waals surface area contributed by atoms with Gasteiger partial charge in [0.2, 0.25) is 0 Å². The summed E-state index contributed by atoms with van der Waals surface area (Å²) in [5.74, 6) is 1.74. The smallest absolute Gasteiger partial charge is 0.135 e. The molecule has 0 amide bonds. The van der Waals surface area contributed by atoms with E-state index in [9.17, 15) is 2.74 Å². The van der Waals surface area contributed by atoms with Gasteiger partial charge < -0.3 is 23.5 Å². The van der Waals surface area contributed by atoms with Crippen molar-refractivity contribution in [1.82, 2.24) is 9.55 Å². The summed E-state index contributed by atoms with van der Waals surface area (Å²) in [6.45, 7) is 48.8. The van der Waals surface area contributed by atoms with Crippen molar-refractivity contribution in [3.05, 3.63) is 209 Å². The van der Waals surface area contributed by atoms with Gasteiger partial charge in [-0.15, -0.1) is 48.3 Å². The van der Waals surface area contributed by atoms with E-state index in [1.54, 1.807) is 0 Å². The number of fused-ring (bicyclic) bond motifs is 8. The Morgan fingerprint density at radius 2 is 1.03 bits per heavy atom. The number of rotatable bonds is 7. The van der Waals surface area contributed by atoms with Crippen molar-refractivity contribution in [1.29, 1.82) is 0 Å². The van der Waals surface area contributed by atoms with E-state index < -0.39 is 23.5 Å². The summed E-state index contributed by atoms with van der Waals surface area (Å²) in [6.07, 6.45) is 1.89. The normalized spacial score (nSPS) is 14.5. The minimum Gasteiger partial charge on any atom is -0.509 e. The second kappa shape index (κ2) is 21.9. The van der Waals surface area contributed by atoms with Crippen LogP contribution in [0, 0.1) is 18.8 Å². The number of benzene rings is 8. The first-order valence-electron chi connectivity index (χ1n) is 33.7. The van der Waals surface area contributed by atoms with E-state index in [0.717, 1.165) is 99.9 Å². The van der Waals surface area contributed by atoms with Gasteiger partial charge in [-0.1, -0.05) is 223 Å². The fourth-order valence-electron chi connectivity index (χ4n) is 12.2. The molecule has 0 bridgehead atoms. The van der Waals surface area contributed by atoms with Gasteiger partial charge >= 0.3 is 0 Å². The van der Waals surface area contributed by atoms with Crippen LogP contribution in [0.4, 0.5) is 22.7 Å². The largest absolute Gasteiger partial charge is 0.509 e. The van der Waals surface area contributed by atoms with Crippen molar-refractivity contribution in [2.75, 3.05) is 9.80 Å². The van der Waals surface area contributed by atoms with Gasteiger partial charge in [0.05, 0.1) is 6.85 Å². The number of anilines is 4. The zero-order valence-electron chi connectivity index (χ0n) is 61.0. The predicted octanol–water partition coefficient (Wildman–Crippen LogP) is 23.3. The van der Waals surface area contributed by atoms with Gasteiger partial charge in [0, 0.05) is 83.2 Å². The van der Waals surface area contributed by atoms with E-state index >= 15 is 0 Å². The van der Waals surface area contributed by atoms with Crippen molar-refractivity contribution in [3.8, 4) is 39.6 Å². The molecule has 0 saturated heterocycles. The minimum absolute atomic E-state index is 0. The molecular formula is C82H89N4O2Pt-3. The fourth-order valence-corrected chi connectivity index (χ4v) is 12.2. The molecule has 0 atom stereocenters. The summed E-state index contributed by atoms with van der Waals surface area (Å²) >= 11 is 0. The van der Waals surface area contributed by atoms with Crippen LogP contribution in [-0.4, -0.2) is 9.55 Å². The molecule has 8 aromatic carbocycles. The number of hydrogen-bond donors (Lipinski definition) is 0. The van der Waals surface area contributed by atoms with Crippen LogP contribution in [0.1, 0.15) is 191 Å². The third-order valence-corrected chi connectivity index (χ3v) is 17.6. The molecule has 12 rings (SSSR count). The van der Waals surface area contributed by atoms with Crippen molar-refractivity contribution in [3.63, 3.8) is 0 Å². The molecule has 4 heterocycles. The van der Waals surface area contributed by atoms with Gasteiger partial charge in [-0.25, -0.2) is 4.98 Å². The molecule has 0 fully saturated rings. The van der Waals surface area contributed by atoms with Crippen LogP contribution < -0.4 is 14.5 Å². The fraction of sp³-hybridized carbons (Fsp3) is 0.341. The van der Waals surface area contributed by atoms with Crippen molar-refractivity contribution in [2.24, 2.45) is 0 Å². The maximum absolute atomic E-state index is 9.61. The predicted molar refractivity (Wildman–Crippen MR) is 373 cm³/mol. The van der Waals surface area contributed by atoms with Crippen LogP contribution in [0.15, 0.2) is 156 Å². The van der Waals surface area contributed by atoms with Crippen LogP contribution in [0.2, 0.25) is 0 Å². The van der Waals surface area contributed by atoms with Crippen LogP contribution in [0.25, 0.3) is 71.8 Å². The molecule has 0 spiro atoms. The van der Waals surface area contributed by atoms with E-state index in [2.05, 4.69) is 270 Å². The van der Waals surface area contributed by atoms with Crippen molar-refractivity contribution >= 4 is 66.5 Å². The SMILES string of the molecule is [2H]c1c([2H])c([2H])c(-c2cc(C(C)(C)C)cc(-c3cc(C(C)(C)C)cc(C(C)(C)C)c3)c2N2[CH-]N(c3[c-]c(Oc4[c-]c5c(cc4)c4c6oc7cc(C(C)(C)C)cc(C(C)(C)C)c7c6ccc4n5-c4cc(C(C)(C)C)ccn4)cc(C(C)(C)C)c3)c3ccccc32)c([2H])c1[2H].[Pt]. The van der Waals surface area contributed by atoms with Gasteiger partial charge in [-0.2, -0.15) is 6.07 Å². The first kappa shape index (κ1) is 56.8. The third kappa shape index (κ3) is 11.8. The van der Waals surface area contributed by atoms with Gasteiger partial charge in [0.15, 0.2) is 0 Å². The Hall–Kier alpha value is -7.40. The van der Waals surface area contributed by atoms with E-state index in [1.165, 1.54) is 11.1 Å². The first-order chi connectivity index (χ1) is 43.1. The Bertz CT molecular complexity index is 4810. The molecule has 462 valence electrons. The number of nitrogens with zero attached hydrogens (tertiary/aromatic N) is 4.